The number of benzene rings is 1. The molecule has 1 aliphatic rings. The standard InChI is InChI=1S/C19H26N2O6/c1-19(2,3)27-18(24)21-8-6-20(7-9-21)15-11-13(16(22)25-4)10-14(12-15)17(23)26-5/h10-12H,6-9H2,1-5H3. The monoisotopic (exact) mass is 378 g/mol. The van der Waals surface area contributed by atoms with Gasteiger partial charge in [0.2, 0.25) is 0 Å². The Kier molecular flexibility index (Phi) is 6.30. The summed E-state index contributed by atoms with van der Waals surface area (Å²) in [7, 11) is 2.57. The van der Waals surface area contributed by atoms with E-state index in [1.165, 1.54) is 20.3 Å². The average Bonchev–Trinajstić information content (AvgIpc) is 2.65. The van der Waals surface area contributed by atoms with E-state index < -0.39 is 17.5 Å². The zero-order valence-corrected chi connectivity index (χ0v) is 16.4. The fourth-order valence-electron chi connectivity index (χ4n) is 2.74. The number of hydrogen-bond acceptors (Lipinski definition) is 7. The number of rotatable bonds is 3. The van der Waals surface area contributed by atoms with Crippen molar-refractivity contribution < 1.29 is 28.6 Å². The van der Waals surface area contributed by atoms with Gasteiger partial charge >= 0.3 is 18.0 Å². The molecule has 1 aromatic carbocycles. The van der Waals surface area contributed by atoms with Crippen LogP contribution in [0, 0.1) is 0 Å². The van der Waals surface area contributed by atoms with Crippen molar-refractivity contribution in [1.82, 2.24) is 4.90 Å². The van der Waals surface area contributed by atoms with E-state index in [2.05, 4.69) is 0 Å². The predicted octanol–water partition coefficient (Wildman–Crippen LogP) is 2.32. The Morgan fingerprint density at radius 3 is 1.74 bits per heavy atom. The summed E-state index contributed by atoms with van der Waals surface area (Å²) >= 11 is 0. The van der Waals surface area contributed by atoms with E-state index in [9.17, 15) is 14.4 Å². The van der Waals surface area contributed by atoms with E-state index in [0.717, 1.165) is 0 Å². The molecule has 1 aliphatic heterocycles. The highest BCUT2D eigenvalue weighted by molar-refractivity contribution is 5.97. The lowest BCUT2D eigenvalue weighted by atomic mass is 10.1. The van der Waals surface area contributed by atoms with Crippen molar-refractivity contribution in [2.75, 3.05) is 45.3 Å². The fourth-order valence-corrected chi connectivity index (χ4v) is 2.74. The van der Waals surface area contributed by atoms with E-state index in [1.54, 1.807) is 17.0 Å². The Bertz CT molecular complexity index is 683. The van der Waals surface area contributed by atoms with Crippen molar-refractivity contribution in [3.05, 3.63) is 29.3 Å². The molecule has 0 N–H and O–H groups in total. The molecule has 27 heavy (non-hydrogen) atoms. The molecule has 0 unspecified atom stereocenters. The van der Waals surface area contributed by atoms with Gasteiger partial charge in [0.1, 0.15) is 5.60 Å². The third-order valence-electron chi connectivity index (χ3n) is 4.06. The van der Waals surface area contributed by atoms with Crippen LogP contribution in [0.15, 0.2) is 18.2 Å². The third kappa shape index (κ3) is 5.35. The van der Waals surface area contributed by atoms with Gasteiger partial charge in [-0.05, 0) is 39.0 Å². The average molecular weight is 378 g/mol. The molecule has 8 nitrogen and oxygen atoms in total. The molecular formula is C19H26N2O6. The van der Waals surface area contributed by atoms with E-state index in [4.69, 9.17) is 14.2 Å². The Hall–Kier alpha value is -2.77. The third-order valence-corrected chi connectivity index (χ3v) is 4.06. The van der Waals surface area contributed by atoms with Gasteiger partial charge in [-0.25, -0.2) is 14.4 Å². The first-order valence-corrected chi connectivity index (χ1v) is 8.69. The smallest absolute Gasteiger partial charge is 0.410 e. The lowest BCUT2D eigenvalue weighted by Gasteiger charge is -2.37. The van der Waals surface area contributed by atoms with Gasteiger partial charge in [-0.2, -0.15) is 0 Å². The summed E-state index contributed by atoms with van der Waals surface area (Å²) in [6, 6.07) is 4.78. The first-order valence-electron chi connectivity index (χ1n) is 8.69. The van der Waals surface area contributed by atoms with Crippen molar-refractivity contribution in [2.45, 2.75) is 26.4 Å². The van der Waals surface area contributed by atoms with Crippen LogP contribution < -0.4 is 4.90 Å². The molecule has 0 spiro atoms. The molecule has 1 saturated heterocycles. The van der Waals surface area contributed by atoms with Crippen LogP contribution in [0.1, 0.15) is 41.5 Å². The molecule has 1 fully saturated rings. The summed E-state index contributed by atoms with van der Waals surface area (Å²) in [5.74, 6) is -1.07. The first kappa shape index (κ1) is 20.5. The minimum Gasteiger partial charge on any atom is -0.465 e. The lowest BCUT2D eigenvalue weighted by molar-refractivity contribution is 0.0240. The van der Waals surface area contributed by atoms with Gasteiger partial charge in [0.05, 0.1) is 25.3 Å². The highest BCUT2D eigenvalue weighted by atomic mass is 16.6. The van der Waals surface area contributed by atoms with Crippen LogP contribution >= 0.6 is 0 Å². The number of carbonyl (C=O) groups excluding carboxylic acids is 3. The minimum absolute atomic E-state index is 0.268. The van der Waals surface area contributed by atoms with Crippen molar-refractivity contribution in [1.29, 1.82) is 0 Å². The quantitative estimate of drug-likeness (QED) is 0.589. The van der Waals surface area contributed by atoms with E-state index in [0.29, 0.717) is 31.9 Å². The van der Waals surface area contributed by atoms with Crippen molar-refractivity contribution in [2.24, 2.45) is 0 Å². The Balaban J connectivity index is 2.16. The summed E-state index contributed by atoms with van der Waals surface area (Å²) in [4.78, 5) is 39.7. The second-order valence-corrected chi connectivity index (χ2v) is 7.21. The van der Waals surface area contributed by atoms with Crippen LogP contribution in [0.4, 0.5) is 10.5 Å². The van der Waals surface area contributed by atoms with Gasteiger partial charge in [0.15, 0.2) is 0 Å². The molecule has 0 saturated carbocycles. The summed E-state index contributed by atoms with van der Waals surface area (Å²) < 4.78 is 14.9. The molecule has 1 amide bonds. The molecule has 8 heteroatoms. The second-order valence-electron chi connectivity index (χ2n) is 7.21. The molecule has 0 bridgehead atoms. The summed E-state index contributed by atoms with van der Waals surface area (Å²) in [5.41, 5.74) is 0.690. The predicted molar refractivity (Wildman–Crippen MR) is 99.1 cm³/mol. The molecule has 2 rings (SSSR count). The van der Waals surface area contributed by atoms with Crippen molar-refractivity contribution >= 4 is 23.7 Å². The Labute approximate surface area is 159 Å². The number of amides is 1. The number of nitrogens with zero attached hydrogens (tertiary/aromatic N) is 2. The molecule has 0 aromatic heterocycles. The van der Waals surface area contributed by atoms with Crippen molar-refractivity contribution in [3.8, 4) is 0 Å². The van der Waals surface area contributed by atoms with Gasteiger partial charge < -0.3 is 24.0 Å². The van der Waals surface area contributed by atoms with Crippen LogP contribution in [0.2, 0.25) is 0 Å². The van der Waals surface area contributed by atoms with Gasteiger partial charge in [-0.3, -0.25) is 0 Å². The van der Waals surface area contributed by atoms with Gasteiger partial charge in [0, 0.05) is 31.9 Å². The number of hydrogen-bond donors (Lipinski definition) is 0. The maximum Gasteiger partial charge on any atom is 0.410 e. The summed E-state index contributed by atoms with van der Waals surface area (Å²) in [6.45, 7) is 7.53. The van der Waals surface area contributed by atoms with E-state index in [-0.39, 0.29) is 17.2 Å². The largest absolute Gasteiger partial charge is 0.465 e. The molecular weight excluding hydrogens is 352 g/mol. The van der Waals surface area contributed by atoms with E-state index >= 15 is 0 Å². The number of anilines is 1. The number of ether oxygens (including phenoxy) is 3. The molecule has 1 heterocycles. The van der Waals surface area contributed by atoms with Crippen LogP contribution in [0.5, 0.6) is 0 Å². The minimum atomic E-state index is -0.543. The SMILES string of the molecule is COC(=O)c1cc(C(=O)OC)cc(N2CCN(C(=O)OC(C)(C)C)CC2)c1. The van der Waals surface area contributed by atoms with Gasteiger partial charge in [-0.1, -0.05) is 0 Å². The van der Waals surface area contributed by atoms with Gasteiger partial charge in [-0.15, -0.1) is 0 Å². The van der Waals surface area contributed by atoms with E-state index in [1.807, 2.05) is 25.7 Å². The topological polar surface area (TPSA) is 85.4 Å². The Morgan fingerprint density at radius 1 is 0.852 bits per heavy atom. The zero-order chi connectivity index (χ0) is 20.2. The summed E-state index contributed by atoms with van der Waals surface area (Å²) in [5, 5.41) is 0. The maximum atomic E-state index is 12.2. The number of piperazine rings is 1. The second kappa shape index (κ2) is 8.28. The molecule has 0 atom stereocenters. The van der Waals surface area contributed by atoms with Crippen molar-refractivity contribution in [3.63, 3.8) is 0 Å². The molecule has 1 aromatic rings. The first-order chi connectivity index (χ1) is 12.6. The number of carbonyl (C=O) groups is 3. The van der Waals surface area contributed by atoms with Crippen LogP contribution in [-0.2, 0) is 14.2 Å². The summed E-state index contributed by atoms with van der Waals surface area (Å²) in [6.07, 6.45) is -0.347. The van der Waals surface area contributed by atoms with Gasteiger partial charge in [0.25, 0.3) is 0 Å². The van der Waals surface area contributed by atoms with Crippen LogP contribution in [0.3, 0.4) is 0 Å². The normalized spacial score (nSPS) is 14.6. The van der Waals surface area contributed by atoms with Crippen LogP contribution in [0.25, 0.3) is 0 Å². The zero-order valence-electron chi connectivity index (χ0n) is 16.4. The molecule has 148 valence electrons. The number of esters is 2. The number of methoxy groups -OCH3 is 2. The highest BCUT2D eigenvalue weighted by Gasteiger charge is 2.26. The fraction of sp³-hybridized carbons (Fsp3) is 0.526. The molecule has 0 radical (unpaired) electrons. The molecule has 0 aliphatic carbocycles. The Morgan fingerprint density at radius 2 is 1.33 bits per heavy atom. The highest BCUT2D eigenvalue weighted by Crippen LogP contribution is 2.23. The lowest BCUT2D eigenvalue weighted by Crippen LogP contribution is -2.50. The van der Waals surface area contributed by atoms with Crippen LogP contribution in [-0.4, -0.2) is 68.9 Å². The maximum absolute atomic E-state index is 12.2.